The summed E-state index contributed by atoms with van der Waals surface area (Å²) in [5.74, 6) is 0.906. The lowest BCUT2D eigenvalue weighted by atomic mass is 10.00. The number of carbonyl (C=O) groups excluding carboxylic acids is 1. The van der Waals surface area contributed by atoms with E-state index in [1.54, 1.807) is 0 Å². The van der Waals surface area contributed by atoms with Crippen molar-refractivity contribution >= 4 is 28.9 Å². The minimum absolute atomic E-state index is 0.0474. The minimum atomic E-state index is -0.144. The first-order valence-electron chi connectivity index (χ1n) is 8.59. The van der Waals surface area contributed by atoms with E-state index in [1.807, 2.05) is 18.2 Å². The summed E-state index contributed by atoms with van der Waals surface area (Å²) >= 11 is 1.45. The van der Waals surface area contributed by atoms with Crippen molar-refractivity contribution < 1.29 is 9.53 Å². The molecule has 2 heterocycles. The molecule has 0 bridgehead atoms. The van der Waals surface area contributed by atoms with Gasteiger partial charge in [-0.2, -0.15) is 0 Å². The Labute approximate surface area is 146 Å². The van der Waals surface area contributed by atoms with E-state index in [-0.39, 0.29) is 11.5 Å². The number of nitrogens with zero attached hydrogens (tertiary/aromatic N) is 1. The average Bonchev–Trinajstić information content (AvgIpc) is 3.19. The Morgan fingerprint density at radius 1 is 1.33 bits per heavy atom. The Morgan fingerprint density at radius 3 is 2.92 bits per heavy atom. The molecule has 1 N–H and O–H groups in total. The maximum absolute atomic E-state index is 12.2. The number of fused-ring (bicyclic) bond motifs is 1. The van der Waals surface area contributed by atoms with Crippen LogP contribution in [0, 0.1) is 0 Å². The molecule has 0 atom stereocenters. The van der Waals surface area contributed by atoms with Gasteiger partial charge in [-0.25, -0.2) is 0 Å². The summed E-state index contributed by atoms with van der Waals surface area (Å²) in [5.41, 5.74) is 2.10. The fraction of sp³-hybridized carbons (Fsp3) is 0.474. The maximum Gasteiger partial charge on any atom is 0.264 e. The molecule has 5 heteroatoms. The summed E-state index contributed by atoms with van der Waals surface area (Å²) in [7, 11) is 0. The van der Waals surface area contributed by atoms with Crippen molar-refractivity contribution in [2.75, 3.05) is 0 Å². The maximum atomic E-state index is 12.2. The number of amidine groups is 1. The van der Waals surface area contributed by atoms with Crippen molar-refractivity contribution in [1.82, 2.24) is 5.32 Å². The fourth-order valence-electron chi connectivity index (χ4n) is 3.56. The molecule has 24 heavy (non-hydrogen) atoms. The molecule has 1 aliphatic carbocycles. The molecule has 3 aliphatic rings. The van der Waals surface area contributed by atoms with Crippen LogP contribution in [0.3, 0.4) is 0 Å². The van der Waals surface area contributed by atoms with Crippen LogP contribution >= 0.6 is 11.8 Å². The molecule has 1 aromatic carbocycles. The fourth-order valence-corrected chi connectivity index (χ4v) is 4.45. The highest BCUT2D eigenvalue weighted by molar-refractivity contribution is 8.18. The molecule has 0 unspecified atom stereocenters. The predicted molar refractivity (Wildman–Crippen MR) is 98.3 cm³/mol. The van der Waals surface area contributed by atoms with Crippen molar-refractivity contribution in [3.05, 3.63) is 34.2 Å². The van der Waals surface area contributed by atoms with E-state index in [0.29, 0.717) is 10.9 Å². The molecule has 126 valence electrons. The Hall–Kier alpha value is -1.75. The van der Waals surface area contributed by atoms with Gasteiger partial charge >= 0.3 is 0 Å². The van der Waals surface area contributed by atoms with Gasteiger partial charge in [0.2, 0.25) is 0 Å². The van der Waals surface area contributed by atoms with Gasteiger partial charge in [-0.15, -0.1) is 0 Å². The van der Waals surface area contributed by atoms with E-state index < -0.39 is 0 Å². The zero-order chi connectivity index (χ0) is 16.7. The van der Waals surface area contributed by atoms with Gasteiger partial charge in [0.1, 0.15) is 11.4 Å². The lowest BCUT2D eigenvalue weighted by Gasteiger charge is -2.16. The molecule has 0 radical (unpaired) electrons. The van der Waals surface area contributed by atoms with Crippen LogP contribution in [0.25, 0.3) is 6.08 Å². The molecule has 2 aliphatic heterocycles. The molecule has 1 amide bonds. The molecule has 1 saturated heterocycles. The number of amides is 1. The number of thioether (sulfide) groups is 1. The smallest absolute Gasteiger partial charge is 0.264 e. The van der Waals surface area contributed by atoms with Crippen molar-refractivity contribution in [2.45, 2.75) is 57.6 Å². The Balaban J connectivity index is 1.53. The van der Waals surface area contributed by atoms with Crippen LogP contribution in [0.5, 0.6) is 5.75 Å². The summed E-state index contributed by atoms with van der Waals surface area (Å²) < 4.78 is 5.91. The van der Waals surface area contributed by atoms with Crippen molar-refractivity contribution in [2.24, 2.45) is 4.99 Å². The van der Waals surface area contributed by atoms with Crippen LogP contribution in [0.15, 0.2) is 28.1 Å². The lowest BCUT2D eigenvalue weighted by Crippen LogP contribution is -2.24. The molecular formula is C19H22N2O2S. The quantitative estimate of drug-likeness (QED) is 0.829. The highest BCUT2D eigenvalue weighted by Crippen LogP contribution is 2.36. The topological polar surface area (TPSA) is 50.7 Å². The third-order valence-electron chi connectivity index (χ3n) is 4.66. The number of rotatable bonds is 2. The molecule has 4 nitrogen and oxygen atoms in total. The second-order valence-electron chi connectivity index (χ2n) is 7.34. The molecule has 0 aromatic heterocycles. The van der Waals surface area contributed by atoms with Gasteiger partial charge in [0, 0.05) is 6.42 Å². The second kappa shape index (κ2) is 5.96. The van der Waals surface area contributed by atoms with E-state index in [2.05, 4.69) is 30.2 Å². The van der Waals surface area contributed by atoms with E-state index in [4.69, 9.17) is 4.74 Å². The second-order valence-corrected chi connectivity index (χ2v) is 8.37. The number of ether oxygens (including phenoxy) is 1. The number of benzene rings is 1. The van der Waals surface area contributed by atoms with E-state index >= 15 is 0 Å². The highest BCUT2D eigenvalue weighted by atomic mass is 32.2. The van der Waals surface area contributed by atoms with Crippen LogP contribution < -0.4 is 10.1 Å². The van der Waals surface area contributed by atoms with Gasteiger partial charge in [-0.1, -0.05) is 18.9 Å². The molecule has 2 fully saturated rings. The van der Waals surface area contributed by atoms with E-state index in [1.165, 1.54) is 30.2 Å². The number of nitrogens with one attached hydrogen (secondary N) is 1. The Bertz CT molecular complexity index is 746. The number of hydrogen-bond acceptors (Lipinski definition) is 4. The first kappa shape index (κ1) is 15.8. The molecule has 1 aromatic rings. The van der Waals surface area contributed by atoms with Crippen LogP contribution in [0.2, 0.25) is 0 Å². The SMILES string of the molecule is CC1(C)Cc2cc(C=C3SC(=NC4CCCC4)NC3=O)ccc2O1. The minimum Gasteiger partial charge on any atom is -0.487 e. The number of carbonyl (C=O) groups is 1. The average molecular weight is 342 g/mol. The van der Waals surface area contributed by atoms with Gasteiger partial charge in [-0.3, -0.25) is 9.79 Å². The summed E-state index contributed by atoms with van der Waals surface area (Å²) in [4.78, 5) is 17.6. The number of hydrogen-bond donors (Lipinski definition) is 1. The summed E-state index contributed by atoms with van der Waals surface area (Å²) in [6.07, 6.45) is 7.61. The molecule has 4 rings (SSSR count). The van der Waals surface area contributed by atoms with Crippen LogP contribution in [0.1, 0.15) is 50.7 Å². The molecule has 0 spiro atoms. The highest BCUT2D eigenvalue weighted by Gasteiger charge is 2.30. The third-order valence-corrected chi connectivity index (χ3v) is 5.58. The largest absolute Gasteiger partial charge is 0.487 e. The zero-order valence-electron chi connectivity index (χ0n) is 14.1. The first-order chi connectivity index (χ1) is 11.5. The third kappa shape index (κ3) is 3.22. The van der Waals surface area contributed by atoms with Gasteiger partial charge < -0.3 is 10.1 Å². The number of aliphatic imine (C=N–C) groups is 1. The molecule has 1 saturated carbocycles. The van der Waals surface area contributed by atoms with Crippen molar-refractivity contribution in [3.63, 3.8) is 0 Å². The summed E-state index contributed by atoms with van der Waals surface area (Å²) in [5, 5.41) is 3.65. The van der Waals surface area contributed by atoms with Crippen LogP contribution in [-0.4, -0.2) is 22.7 Å². The monoisotopic (exact) mass is 342 g/mol. The first-order valence-corrected chi connectivity index (χ1v) is 9.41. The van der Waals surface area contributed by atoms with Gasteiger partial charge in [0.05, 0.1) is 10.9 Å². The van der Waals surface area contributed by atoms with Crippen molar-refractivity contribution in [1.29, 1.82) is 0 Å². The zero-order valence-corrected chi connectivity index (χ0v) is 14.9. The normalized spacial score (nSPS) is 26.0. The van der Waals surface area contributed by atoms with Gasteiger partial charge in [-0.05, 0) is 67.8 Å². The Morgan fingerprint density at radius 2 is 2.12 bits per heavy atom. The molecular weight excluding hydrogens is 320 g/mol. The lowest BCUT2D eigenvalue weighted by molar-refractivity contribution is -0.115. The van der Waals surface area contributed by atoms with Crippen LogP contribution in [0.4, 0.5) is 0 Å². The van der Waals surface area contributed by atoms with Crippen molar-refractivity contribution in [3.8, 4) is 5.75 Å². The summed E-state index contributed by atoms with van der Waals surface area (Å²) in [6.45, 7) is 4.19. The summed E-state index contributed by atoms with van der Waals surface area (Å²) in [6, 6.07) is 6.51. The standard InChI is InChI=1S/C19H22N2O2S/c1-19(2)11-13-9-12(7-8-15(13)23-19)10-16-17(22)21-18(24-16)20-14-5-3-4-6-14/h7-10,14H,3-6,11H2,1-2H3,(H,20,21,22). The predicted octanol–water partition coefficient (Wildman–Crippen LogP) is 3.90. The van der Waals surface area contributed by atoms with Crippen LogP contribution in [-0.2, 0) is 11.2 Å². The van der Waals surface area contributed by atoms with Gasteiger partial charge in [0.25, 0.3) is 5.91 Å². The van der Waals surface area contributed by atoms with E-state index in [9.17, 15) is 4.79 Å². The van der Waals surface area contributed by atoms with Gasteiger partial charge in [0.15, 0.2) is 5.17 Å². The van der Waals surface area contributed by atoms with E-state index in [0.717, 1.165) is 35.7 Å². The Kier molecular flexibility index (Phi) is 3.91.